The summed E-state index contributed by atoms with van der Waals surface area (Å²) in [6.07, 6.45) is 3.03. The minimum absolute atomic E-state index is 0.0638. The lowest BCUT2D eigenvalue weighted by Crippen LogP contribution is -2.48. The van der Waals surface area contributed by atoms with Crippen LogP contribution in [0, 0.1) is 17.8 Å². The molecular weight excluding hydrogens is 420 g/mol. The molecule has 4 atom stereocenters. The molecule has 7 nitrogen and oxygen atoms in total. The topological polar surface area (TPSA) is 60.5 Å². The van der Waals surface area contributed by atoms with Crippen LogP contribution in [-0.2, 0) is 15.9 Å². The molecule has 2 saturated heterocycles. The normalized spacial score (nSPS) is 27.6. The fourth-order valence-corrected chi connectivity index (χ4v) is 5.83. The lowest BCUT2D eigenvalue weighted by molar-refractivity contribution is -0.0293. The smallest absolute Gasteiger partial charge is 0.409 e. The van der Waals surface area contributed by atoms with Gasteiger partial charge in [-0.3, -0.25) is 4.90 Å². The van der Waals surface area contributed by atoms with Gasteiger partial charge >= 0.3 is 6.09 Å². The van der Waals surface area contributed by atoms with Gasteiger partial charge in [-0.05, 0) is 67.2 Å². The molecule has 0 radical (unpaired) electrons. The number of hydrogen-bond acceptors (Lipinski definition) is 6. The molecule has 4 rings (SSSR count). The van der Waals surface area contributed by atoms with Crippen LogP contribution in [0.3, 0.4) is 0 Å². The van der Waals surface area contributed by atoms with Gasteiger partial charge in [0.15, 0.2) is 11.5 Å². The van der Waals surface area contributed by atoms with Crippen LogP contribution in [0.25, 0.3) is 0 Å². The highest BCUT2D eigenvalue weighted by Crippen LogP contribution is 2.45. The van der Waals surface area contributed by atoms with E-state index in [4.69, 9.17) is 18.9 Å². The van der Waals surface area contributed by atoms with Crippen molar-refractivity contribution in [2.24, 2.45) is 17.8 Å². The number of hydrogen-bond donors (Lipinski definition) is 0. The standard InChI is InChI=1S/C26H40N2O5/c1-17(2)10-20-15-27-7-6-19-12-24(30-4)25(31-5)13-22(19)23(27)11-21(20)16-33-26(29)28-8-9-32-18(3)14-28/h12-13,17-18,20-21,23H,6-11,14-16H2,1-5H3/t18-,20?,21?,23?/m1/s1. The van der Waals surface area contributed by atoms with E-state index in [-0.39, 0.29) is 12.2 Å². The molecule has 0 aromatic heterocycles. The first-order valence-electron chi connectivity index (χ1n) is 12.4. The molecule has 1 amide bonds. The molecule has 0 N–H and O–H groups in total. The summed E-state index contributed by atoms with van der Waals surface area (Å²) < 4.78 is 22.6. The van der Waals surface area contributed by atoms with Gasteiger partial charge in [0, 0.05) is 25.7 Å². The molecular formula is C26H40N2O5. The Morgan fingerprint density at radius 3 is 2.58 bits per heavy atom. The number of fused-ring (bicyclic) bond motifs is 3. The molecule has 3 heterocycles. The fourth-order valence-electron chi connectivity index (χ4n) is 5.83. The second-order valence-corrected chi connectivity index (χ2v) is 10.3. The van der Waals surface area contributed by atoms with Crippen LogP contribution in [0.5, 0.6) is 11.5 Å². The van der Waals surface area contributed by atoms with E-state index in [2.05, 4.69) is 30.9 Å². The number of morpholine rings is 1. The highest BCUT2D eigenvalue weighted by atomic mass is 16.6. The van der Waals surface area contributed by atoms with E-state index in [9.17, 15) is 4.79 Å². The van der Waals surface area contributed by atoms with E-state index in [0.717, 1.165) is 43.9 Å². The highest BCUT2D eigenvalue weighted by molar-refractivity contribution is 5.67. The van der Waals surface area contributed by atoms with Gasteiger partial charge in [0.25, 0.3) is 0 Å². The maximum Gasteiger partial charge on any atom is 0.409 e. The Bertz CT molecular complexity index is 829. The van der Waals surface area contributed by atoms with Crippen LogP contribution in [-0.4, -0.2) is 75.6 Å². The molecule has 33 heavy (non-hydrogen) atoms. The molecule has 184 valence electrons. The Balaban J connectivity index is 1.50. The van der Waals surface area contributed by atoms with Crippen molar-refractivity contribution in [2.75, 3.05) is 53.6 Å². The summed E-state index contributed by atoms with van der Waals surface area (Å²) in [6.45, 7) is 10.9. The number of ether oxygens (including phenoxy) is 4. The maximum atomic E-state index is 12.8. The molecule has 0 bridgehead atoms. The van der Waals surface area contributed by atoms with Gasteiger partial charge in [-0.25, -0.2) is 4.79 Å². The molecule has 7 heteroatoms. The molecule has 0 saturated carbocycles. The molecule has 0 spiro atoms. The zero-order chi connectivity index (χ0) is 23.5. The minimum Gasteiger partial charge on any atom is -0.493 e. The predicted octanol–water partition coefficient (Wildman–Crippen LogP) is 4.14. The van der Waals surface area contributed by atoms with Crippen molar-refractivity contribution < 1.29 is 23.7 Å². The van der Waals surface area contributed by atoms with Crippen molar-refractivity contribution in [3.05, 3.63) is 23.3 Å². The van der Waals surface area contributed by atoms with Gasteiger partial charge in [0.2, 0.25) is 0 Å². The number of benzene rings is 1. The second-order valence-electron chi connectivity index (χ2n) is 10.3. The summed E-state index contributed by atoms with van der Waals surface area (Å²) in [7, 11) is 3.38. The Morgan fingerprint density at radius 2 is 1.88 bits per heavy atom. The van der Waals surface area contributed by atoms with Gasteiger partial charge in [-0.2, -0.15) is 0 Å². The molecule has 3 unspecified atom stereocenters. The molecule has 1 aromatic carbocycles. The summed E-state index contributed by atoms with van der Waals surface area (Å²) in [6, 6.07) is 4.62. The zero-order valence-corrected chi connectivity index (χ0v) is 20.8. The monoisotopic (exact) mass is 460 g/mol. The third kappa shape index (κ3) is 5.40. The quantitative estimate of drug-likeness (QED) is 0.636. The lowest BCUT2D eigenvalue weighted by Gasteiger charge is -2.47. The highest BCUT2D eigenvalue weighted by Gasteiger charge is 2.40. The van der Waals surface area contributed by atoms with Crippen molar-refractivity contribution in [3.8, 4) is 11.5 Å². The summed E-state index contributed by atoms with van der Waals surface area (Å²) in [5.41, 5.74) is 2.68. The molecule has 2 fully saturated rings. The van der Waals surface area contributed by atoms with Crippen molar-refractivity contribution in [3.63, 3.8) is 0 Å². The first-order valence-corrected chi connectivity index (χ1v) is 12.4. The third-order valence-corrected chi connectivity index (χ3v) is 7.47. The molecule has 0 aliphatic carbocycles. The second kappa shape index (κ2) is 10.5. The summed E-state index contributed by atoms with van der Waals surface area (Å²) >= 11 is 0. The van der Waals surface area contributed by atoms with E-state index in [0.29, 0.717) is 50.1 Å². The minimum atomic E-state index is -0.202. The molecule has 3 aliphatic rings. The van der Waals surface area contributed by atoms with E-state index < -0.39 is 0 Å². The van der Waals surface area contributed by atoms with Gasteiger partial charge in [-0.1, -0.05) is 13.8 Å². The first-order chi connectivity index (χ1) is 15.9. The molecule has 3 aliphatic heterocycles. The Hall–Kier alpha value is -1.99. The summed E-state index contributed by atoms with van der Waals surface area (Å²) in [5, 5.41) is 0. The SMILES string of the molecule is COc1cc2c(cc1OC)C1CC(COC(=O)N3CCO[C@H](C)C3)C(CC(C)C)CN1CC2. The Labute approximate surface area is 198 Å². The predicted molar refractivity (Wildman–Crippen MR) is 127 cm³/mol. The Morgan fingerprint density at radius 1 is 1.12 bits per heavy atom. The third-order valence-electron chi connectivity index (χ3n) is 7.47. The van der Waals surface area contributed by atoms with Gasteiger partial charge < -0.3 is 23.8 Å². The van der Waals surface area contributed by atoms with E-state index >= 15 is 0 Å². The van der Waals surface area contributed by atoms with Crippen LogP contribution < -0.4 is 9.47 Å². The van der Waals surface area contributed by atoms with Crippen LogP contribution in [0.1, 0.15) is 50.8 Å². The maximum absolute atomic E-state index is 12.8. The number of rotatable bonds is 6. The summed E-state index contributed by atoms with van der Waals surface area (Å²) in [5.74, 6) is 3.07. The molecule has 1 aromatic rings. The van der Waals surface area contributed by atoms with Crippen LogP contribution in [0.4, 0.5) is 4.79 Å². The van der Waals surface area contributed by atoms with Crippen LogP contribution >= 0.6 is 0 Å². The van der Waals surface area contributed by atoms with Gasteiger partial charge in [0.1, 0.15) is 0 Å². The average Bonchev–Trinajstić information content (AvgIpc) is 2.81. The number of carbonyl (C=O) groups is 1. The number of amides is 1. The van der Waals surface area contributed by atoms with Crippen molar-refractivity contribution in [1.29, 1.82) is 0 Å². The van der Waals surface area contributed by atoms with Crippen LogP contribution in [0.2, 0.25) is 0 Å². The van der Waals surface area contributed by atoms with Gasteiger partial charge in [0.05, 0.1) is 40.1 Å². The van der Waals surface area contributed by atoms with Crippen molar-refractivity contribution >= 4 is 6.09 Å². The first kappa shape index (κ1) is 24.1. The van der Waals surface area contributed by atoms with E-state index in [1.165, 1.54) is 11.1 Å². The van der Waals surface area contributed by atoms with E-state index in [1.807, 2.05) is 6.92 Å². The summed E-state index contributed by atoms with van der Waals surface area (Å²) in [4.78, 5) is 17.2. The van der Waals surface area contributed by atoms with Gasteiger partial charge in [-0.15, -0.1) is 0 Å². The van der Waals surface area contributed by atoms with E-state index in [1.54, 1.807) is 19.1 Å². The Kier molecular flexibility index (Phi) is 7.69. The van der Waals surface area contributed by atoms with Crippen molar-refractivity contribution in [2.45, 2.75) is 52.2 Å². The lowest BCUT2D eigenvalue weighted by atomic mass is 9.74. The largest absolute Gasteiger partial charge is 0.493 e. The number of piperidine rings is 1. The number of methoxy groups -OCH3 is 2. The van der Waals surface area contributed by atoms with Crippen LogP contribution in [0.15, 0.2) is 12.1 Å². The number of carbonyl (C=O) groups excluding carboxylic acids is 1. The van der Waals surface area contributed by atoms with Crippen molar-refractivity contribution in [1.82, 2.24) is 9.80 Å². The fraction of sp³-hybridized carbons (Fsp3) is 0.731. The number of nitrogens with zero attached hydrogens (tertiary/aromatic N) is 2. The zero-order valence-electron chi connectivity index (χ0n) is 20.8. The average molecular weight is 461 g/mol.